The lowest BCUT2D eigenvalue weighted by molar-refractivity contribution is 0.0265. The summed E-state index contributed by atoms with van der Waals surface area (Å²) >= 11 is 0. The Labute approximate surface area is 185 Å². The van der Waals surface area contributed by atoms with Gasteiger partial charge in [0, 0.05) is 16.2 Å². The van der Waals surface area contributed by atoms with Gasteiger partial charge in [0.1, 0.15) is 18.9 Å². The van der Waals surface area contributed by atoms with Gasteiger partial charge in [-0.1, -0.05) is 41.5 Å². The molecule has 0 unspecified atom stereocenters. The molecule has 31 heavy (non-hydrogen) atoms. The van der Waals surface area contributed by atoms with Gasteiger partial charge in [-0.2, -0.15) is 0 Å². The molecule has 182 valence electrons. The Balaban J connectivity index is 1.73. The van der Waals surface area contributed by atoms with E-state index in [1.165, 1.54) is 4.90 Å². The lowest BCUT2D eigenvalue weighted by atomic mass is 9.97. The Morgan fingerprint density at radius 3 is 0.903 bits per heavy atom. The fraction of sp³-hybridized carbons (Fsp3) is 1.00. The van der Waals surface area contributed by atoms with Gasteiger partial charge in [-0.15, -0.1) is 0 Å². The fourth-order valence-electron chi connectivity index (χ4n) is 2.99. The second-order valence-corrected chi connectivity index (χ2v) is 17.1. The van der Waals surface area contributed by atoms with Crippen LogP contribution >= 0.6 is 22.8 Å². The molecule has 0 N–H and O–H groups in total. The lowest BCUT2D eigenvalue weighted by Gasteiger charge is -2.40. The Morgan fingerprint density at radius 2 is 0.710 bits per heavy atom. The molecule has 0 aromatic heterocycles. The molecule has 3 rings (SSSR count). The molecule has 0 spiro atoms. The Bertz CT molecular complexity index is 666. The summed E-state index contributed by atoms with van der Waals surface area (Å²) in [6.45, 7) is 13.2. The number of nitrogens with zero attached hydrogens (tertiary/aromatic N) is 1. The van der Waals surface area contributed by atoms with Crippen LogP contribution in [0.3, 0.4) is 0 Å². The molecule has 0 radical (unpaired) electrons. The molecule has 0 aliphatic carbocycles. The average Bonchev–Trinajstić information content (AvgIpc) is 2.64. The van der Waals surface area contributed by atoms with E-state index in [1.807, 2.05) is 41.5 Å². The molecule has 3 saturated heterocycles. The minimum atomic E-state index is -3.53. The zero-order valence-electron chi connectivity index (χ0n) is 19.3. The summed E-state index contributed by atoms with van der Waals surface area (Å²) in [6, 6.07) is 0. The molecule has 0 aromatic rings. The van der Waals surface area contributed by atoms with Crippen LogP contribution in [0.25, 0.3) is 0 Å². The van der Waals surface area contributed by atoms with E-state index in [-0.39, 0.29) is 74.7 Å². The standard InChI is InChI=1S/C18H36NO9P3/c1-16(2)7-23-29(20,24-8-16)13-19(14-30(21)25-9-17(3,4)10-26-30)15-31(22)27-11-18(5,6)12-28-31/h7-15H2,1-6H3. The third-order valence-electron chi connectivity index (χ3n) is 5.03. The second-order valence-electron chi connectivity index (χ2n) is 11.1. The van der Waals surface area contributed by atoms with E-state index in [4.69, 9.17) is 27.1 Å². The first kappa shape index (κ1) is 26.0. The van der Waals surface area contributed by atoms with Crippen molar-refractivity contribution in [2.24, 2.45) is 16.2 Å². The molecule has 3 heterocycles. The first-order valence-corrected chi connectivity index (χ1v) is 15.6. The van der Waals surface area contributed by atoms with Crippen LogP contribution in [0, 0.1) is 16.2 Å². The fourth-order valence-corrected chi connectivity index (χ4v) is 9.52. The van der Waals surface area contributed by atoms with Gasteiger partial charge >= 0.3 is 22.8 Å². The van der Waals surface area contributed by atoms with Gasteiger partial charge in [0.05, 0.1) is 39.6 Å². The predicted molar refractivity (Wildman–Crippen MR) is 116 cm³/mol. The molecule has 3 aliphatic rings. The van der Waals surface area contributed by atoms with Gasteiger partial charge in [0.15, 0.2) is 0 Å². The van der Waals surface area contributed by atoms with Crippen LogP contribution in [0.15, 0.2) is 0 Å². The van der Waals surface area contributed by atoms with Crippen LogP contribution in [-0.4, -0.2) is 63.4 Å². The highest BCUT2D eigenvalue weighted by atomic mass is 31.2. The molecule has 3 fully saturated rings. The number of hydrogen-bond acceptors (Lipinski definition) is 10. The van der Waals surface area contributed by atoms with Crippen molar-refractivity contribution in [1.29, 1.82) is 0 Å². The molecule has 13 heteroatoms. The summed E-state index contributed by atoms with van der Waals surface area (Å²) in [5.74, 6) is 0. The van der Waals surface area contributed by atoms with E-state index >= 15 is 0 Å². The molecular formula is C18H36NO9P3. The van der Waals surface area contributed by atoms with Crippen LogP contribution in [0.1, 0.15) is 41.5 Å². The largest absolute Gasteiger partial charge is 0.344 e. The zero-order valence-corrected chi connectivity index (χ0v) is 22.0. The third-order valence-corrected chi connectivity index (χ3v) is 10.4. The highest BCUT2D eigenvalue weighted by Gasteiger charge is 2.45. The van der Waals surface area contributed by atoms with Crippen LogP contribution in [0.2, 0.25) is 0 Å². The van der Waals surface area contributed by atoms with Crippen LogP contribution in [0.5, 0.6) is 0 Å². The van der Waals surface area contributed by atoms with E-state index < -0.39 is 22.8 Å². The van der Waals surface area contributed by atoms with Crippen molar-refractivity contribution in [3.05, 3.63) is 0 Å². The topological polar surface area (TPSA) is 110 Å². The van der Waals surface area contributed by atoms with Gasteiger partial charge in [-0.05, 0) is 0 Å². The van der Waals surface area contributed by atoms with Crippen molar-refractivity contribution in [1.82, 2.24) is 4.90 Å². The number of rotatable bonds is 6. The number of hydrogen-bond donors (Lipinski definition) is 0. The van der Waals surface area contributed by atoms with Crippen LogP contribution < -0.4 is 0 Å². The van der Waals surface area contributed by atoms with Crippen molar-refractivity contribution in [3.8, 4) is 0 Å². The highest BCUT2D eigenvalue weighted by Crippen LogP contribution is 2.61. The summed E-state index contributed by atoms with van der Waals surface area (Å²) in [5.41, 5.74) is -0.790. The summed E-state index contributed by atoms with van der Waals surface area (Å²) < 4.78 is 73.0. The van der Waals surface area contributed by atoms with Crippen molar-refractivity contribution >= 4 is 22.8 Å². The minimum absolute atomic E-state index is 0.219. The van der Waals surface area contributed by atoms with Gasteiger partial charge in [0.25, 0.3) is 0 Å². The maximum absolute atomic E-state index is 13.2. The molecule has 3 aliphatic heterocycles. The first-order valence-electron chi connectivity index (χ1n) is 10.4. The van der Waals surface area contributed by atoms with Crippen LogP contribution in [0.4, 0.5) is 0 Å². The predicted octanol–water partition coefficient (Wildman–Crippen LogP) is 4.96. The summed E-state index contributed by atoms with van der Waals surface area (Å²) in [7, 11) is -10.6. The van der Waals surface area contributed by atoms with E-state index in [0.717, 1.165) is 0 Å². The van der Waals surface area contributed by atoms with E-state index in [0.29, 0.717) is 0 Å². The normalized spacial score (nSPS) is 30.7. The Kier molecular flexibility index (Phi) is 7.46. The minimum Gasteiger partial charge on any atom is -0.307 e. The van der Waals surface area contributed by atoms with E-state index in [2.05, 4.69) is 0 Å². The van der Waals surface area contributed by atoms with Crippen molar-refractivity contribution in [2.45, 2.75) is 41.5 Å². The summed E-state index contributed by atoms with van der Waals surface area (Å²) in [5, 5.41) is 0. The maximum atomic E-state index is 13.2. The molecule has 10 nitrogen and oxygen atoms in total. The molecule has 0 amide bonds. The second kappa shape index (κ2) is 8.88. The maximum Gasteiger partial charge on any atom is 0.344 e. The zero-order chi connectivity index (χ0) is 23.2. The molecular weight excluding hydrogens is 467 g/mol. The molecule has 0 bridgehead atoms. The van der Waals surface area contributed by atoms with Gasteiger partial charge in [-0.3, -0.25) is 18.6 Å². The summed E-state index contributed by atoms with van der Waals surface area (Å²) in [4.78, 5) is 1.46. The van der Waals surface area contributed by atoms with Gasteiger partial charge < -0.3 is 27.1 Å². The van der Waals surface area contributed by atoms with Crippen molar-refractivity contribution in [2.75, 3.05) is 58.5 Å². The lowest BCUT2D eigenvalue weighted by Crippen LogP contribution is -2.38. The monoisotopic (exact) mass is 503 g/mol. The molecule has 0 atom stereocenters. The van der Waals surface area contributed by atoms with E-state index in [1.54, 1.807) is 0 Å². The Hall–Kier alpha value is 0.410. The van der Waals surface area contributed by atoms with E-state index in [9.17, 15) is 13.7 Å². The highest BCUT2D eigenvalue weighted by molar-refractivity contribution is 7.55. The van der Waals surface area contributed by atoms with Crippen molar-refractivity contribution < 1.29 is 40.8 Å². The Morgan fingerprint density at radius 1 is 0.516 bits per heavy atom. The average molecular weight is 503 g/mol. The quantitative estimate of drug-likeness (QED) is 0.461. The molecule has 0 saturated carbocycles. The van der Waals surface area contributed by atoms with Crippen molar-refractivity contribution in [3.63, 3.8) is 0 Å². The summed E-state index contributed by atoms with van der Waals surface area (Å²) in [6.07, 6.45) is -0.657. The first-order chi connectivity index (χ1) is 14.0. The van der Waals surface area contributed by atoms with Crippen LogP contribution in [-0.2, 0) is 40.8 Å². The third kappa shape index (κ3) is 7.45. The van der Waals surface area contributed by atoms with Gasteiger partial charge in [0.2, 0.25) is 0 Å². The smallest absolute Gasteiger partial charge is 0.307 e. The SMILES string of the molecule is CC1(C)COP(=O)(CN(CP2(=O)OCC(C)(C)CO2)CP2(=O)OCC(C)(C)CO2)OC1. The molecule has 0 aromatic carbocycles. The van der Waals surface area contributed by atoms with Gasteiger partial charge in [-0.25, -0.2) is 0 Å².